The van der Waals surface area contributed by atoms with Gasteiger partial charge in [0.05, 0.1) is 18.1 Å². The summed E-state index contributed by atoms with van der Waals surface area (Å²) >= 11 is 0. The third kappa shape index (κ3) is 6.05. The largest absolute Gasteiger partial charge is 0.496 e. The topological polar surface area (TPSA) is 120 Å². The number of nitrogens with zero attached hydrogens (tertiary/aromatic N) is 1. The Morgan fingerprint density at radius 1 is 0.969 bits per heavy atom. The zero-order chi connectivity index (χ0) is 22.9. The molecule has 0 aliphatic heterocycles. The summed E-state index contributed by atoms with van der Waals surface area (Å²) in [5, 5.41) is 16.5. The molecular formula is C23H21N3O6. The molecule has 0 saturated carbocycles. The molecule has 0 aromatic heterocycles. The van der Waals surface area contributed by atoms with Gasteiger partial charge in [-0.2, -0.15) is 0 Å². The number of benzene rings is 3. The summed E-state index contributed by atoms with van der Waals surface area (Å²) in [6, 6.07) is 20.0. The molecule has 0 fully saturated rings. The number of methoxy groups -OCH3 is 1. The molecule has 0 aliphatic rings. The molecule has 0 saturated heterocycles. The number of ether oxygens (including phenoxy) is 2. The van der Waals surface area contributed by atoms with Crippen molar-refractivity contribution in [3.8, 4) is 11.5 Å². The third-order valence-corrected chi connectivity index (χ3v) is 4.46. The highest BCUT2D eigenvalue weighted by Crippen LogP contribution is 2.28. The lowest BCUT2D eigenvalue weighted by molar-refractivity contribution is -0.384. The van der Waals surface area contributed by atoms with Crippen LogP contribution in [0.5, 0.6) is 11.5 Å². The summed E-state index contributed by atoms with van der Waals surface area (Å²) in [6.07, 6.45) is 0. The molecule has 9 nitrogen and oxygen atoms in total. The van der Waals surface area contributed by atoms with E-state index >= 15 is 0 Å². The summed E-state index contributed by atoms with van der Waals surface area (Å²) in [5.41, 5.74) is 1.19. The number of amides is 2. The number of nitro groups is 1. The molecule has 3 aromatic rings. The summed E-state index contributed by atoms with van der Waals surface area (Å²) in [5.74, 6) is -0.115. The average Bonchev–Trinajstić information content (AvgIpc) is 2.82. The molecule has 3 rings (SSSR count). The van der Waals surface area contributed by atoms with Crippen LogP contribution in [0.3, 0.4) is 0 Å². The van der Waals surface area contributed by atoms with E-state index in [9.17, 15) is 19.7 Å². The number of hydrogen-bond donors (Lipinski definition) is 2. The maximum atomic E-state index is 12.3. The fraction of sp³-hybridized carbons (Fsp3) is 0.130. The minimum atomic E-state index is -0.611. The molecule has 2 amide bonds. The van der Waals surface area contributed by atoms with E-state index in [4.69, 9.17) is 9.47 Å². The molecule has 0 atom stereocenters. The number of nitrogens with one attached hydrogen (secondary N) is 2. The highest BCUT2D eigenvalue weighted by atomic mass is 16.6. The quantitative estimate of drug-likeness (QED) is 0.392. The number of nitro benzene ring substituents is 1. The molecule has 0 spiro atoms. The van der Waals surface area contributed by atoms with Gasteiger partial charge in [0, 0.05) is 12.1 Å². The van der Waals surface area contributed by atoms with Crippen molar-refractivity contribution in [1.82, 2.24) is 5.32 Å². The van der Waals surface area contributed by atoms with Crippen LogP contribution in [0.25, 0.3) is 0 Å². The molecule has 0 radical (unpaired) electrons. The lowest BCUT2D eigenvalue weighted by Crippen LogP contribution is -2.23. The lowest BCUT2D eigenvalue weighted by atomic mass is 10.2. The predicted octanol–water partition coefficient (Wildman–Crippen LogP) is 3.55. The summed E-state index contributed by atoms with van der Waals surface area (Å²) in [7, 11) is 1.39. The number of anilines is 1. The zero-order valence-electron chi connectivity index (χ0n) is 17.2. The minimum Gasteiger partial charge on any atom is -0.496 e. The van der Waals surface area contributed by atoms with E-state index in [1.807, 2.05) is 30.3 Å². The fourth-order valence-electron chi connectivity index (χ4n) is 2.81. The second-order valence-electron chi connectivity index (χ2n) is 6.67. The van der Waals surface area contributed by atoms with Crippen molar-refractivity contribution in [1.29, 1.82) is 0 Å². The highest BCUT2D eigenvalue weighted by Gasteiger charge is 2.17. The first-order valence-electron chi connectivity index (χ1n) is 9.63. The third-order valence-electron chi connectivity index (χ3n) is 4.46. The van der Waals surface area contributed by atoms with Crippen LogP contribution < -0.4 is 20.1 Å². The van der Waals surface area contributed by atoms with Crippen LogP contribution in [0.15, 0.2) is 72.8 Å². The molecule has 0 unspecified atom stereocenters. The van der Waals surface area contributed by atoms with Crippen molar-refractivity contribution in [3.63, 3.8) is 0 Å². The smallest absolute Gasteiger partial charge is 0.296 e. The predicted molar refractivity (Wildman–Crippen MR) is 118 cm³/mol. The van der Waals surface area contributed by atoms with E-state index in [0.29, 0.717) is 23.6 Å². The Labute approximate surface area is 184 Å². The van der Waals surface area contributed by atoms with Gasteiger partial charge in [0.2, 0.25) is 0 Å². The number of carbonyl (C=O) groups excluding carboxylic acids is 2. The summed E-state index contributed by atoms with van der Waals surface area (Å²) < 4.78 is 10.4. The van der Waals surface area contributed by atoms with Crippen molar-refractivity contribution < 1.29 is 24.0 Å². The van der Waals surface area contributed by atoms with Gasteiger partial charge in [-0.25, -0.2) is 0 Å². The van der Waals surface area contributed by atoms with Crippen LogP contribution in [-0.4, -0.2) is 30.5 Å². The lowest BCUT2D eigenvalue weighted by Gasteiger charge is -2.10. The van der Waals surface area contributed by atoms with Crippen LogP contribution in [0.1, 0.15) is 15.9 Å². The normalized spacial score (nSPS) is 10.2. The fourth-order valence-corrected chi connectivity index (χ4v) is 2.81. The van der Waals surface area contributed by atoms with E-state index in [-0.39, 0.29) is 23.9 Å². The number of rotatable bonds is 9. The SMILES string of the molecule is COc1ccc(NC(=O)COc2ccc(C(=O)NCc3ccccc3)cc2)c([N+](=O)[O-])c1. The van der Waals surface area contributed by atoms with E-state index in [2.05, 4.69) is 10.6 Å². The van der Waals surface area contributed by atoms with Gasteiger partial charge in [0.15, 0.2) is 6.61 Å². The maximum Gasteiger partial charge on any atom is 0.296 e. The van der Waals surface area contributed by atoms with Crippen molar-refractivity contribution in [2.45, 2.75) is 6.54 Å². The van der Waals surface area contributed by atoms with Gasteiger partial charge in [-0.05, 0) is 42.0 Å². The van der Waals surface area contributed by atoms with Crippen molar-refractivity contribution in [3.05, 3.63) is 94.0 Å². The minimum absolute atomic E-state index is 0.0369. The molecule has 0 aliphatic carbocycles. The molecule has 0 heterocycles. The Balaban J connectivity index is 1.52. The van der Waals surface area contributed by atoms with Crippen molar-refractivity contribution in [2.75, 3.05) is 19.0 Å². The van der Waals surface area contributed by atoms with Gasteiger partial charge in [-0.1, -0.05) is 30.3 Å². The zero-order valence-corrected chi connectivity index (χ0v) is 17.2. The second kappa shape index (κ2) is 10.6. The second-order valence-corrected chi connectivity index (χ2v) is 6.67. The van der Waals surface area contributed by atoms with Gasteiger partial charge in [0.25, 0.3) is 17.5 Å². The van der Waals surface area contributed by atoms with Crippen LogP contribution in [0, 0.1) is 10.1 Å². The Morgan fingerprint density at radius 2 is 1.66 bits per heavy atom. The Hall–Kier alpha value is -4.40. The van der Waals surface area contributed by atoms with E-state index < -0.39 is 10.8 Å². The standard InChI is InChI=1S/C23H21N3O6/c1-31-19-11-12-20(21(13-19)26(29)30)25-22(27)15-32-18-9-7-17(8-10-18)23(28)24-14-16-5-3-2-4-6-16/h2-13H,14-15H2,1H3,(H,24,28)(H,25,27). The molecule has 3 aromatic carbocycles. The van der Waals surface area contributed by atoms with Gasteiger partial charge in [-0.15, -0.1) is 0 Å². The first-order chi connectivity index (χ1) is 15.5. The van der Waals surface area contributed by atoms with Gasteiger partial charge in [0.1, 0.15) is 17.2 Å². The molecule has 0 bridgehead atoms. The molecule has 9 heteroatoms. The molecule has 32 heavy (non-hydrogen) atoms. The number of hydrogen-bond acceptors (Lipinski definition) is 6. The van der Waals surface area contributed by atoms with E-state index in [1.165, 1.54) is 25.3 Å². The van der Waals surface area contributed by atoms with Crippen molar-refractivity contribution >= 4 is 23.2 Å². The maximum absolute atomic E-state index is 12.3. The highest BCUT2D eigenvalue weighted by molar-refractivity contribution is 5.95. The van der Waals surface area contributed by atoms with E-state index in [1.54, 1.807) is 24.3 Å². The Bertz CT molecular complexity index is 1100. The summed E-state index contributed by atoms with van der Waals surface area (Å²) in [4.78, 5) is 35.0. The monoisotopic (exact) mass is 435 g/mol. The van der Waals surface area contributed by atoms with Gasteiger partial charge >= 0.3 is 0 Å². The number of carbonyl (C=O) groups is 2. The first-order valence-corrected chi connectivity index (χ1v) is 9.63. The first kappa shape index (κ1) is 22.3. The van der Waals surface area contributed by atoms with Gasteiger partial charge < -0.3 is 20.1 Å². The Kier molecular flexibility index (Phi) is 7.37. The Morgan fingerprint density at radius 3 is 2.31 bits per heavy atom. The van der Waals surface area contributed by atoms with Crippen LogP contribution >= 0.6 is 0 Å². The molecular weight excluding hydrogens is 414 g/mol. The van der Waals surface area contributed by atoms with Crippen LogP contribution in [-0.2, 0) is 11.3 Å². The molecule has 2 N–H and O–H groups in total. The van der Waals surface area contributed by atoms with Crippen LogP contribution in [0.4, 0.5) is 11.4 Å². The van der Waals surface area contributed by atoms with Crippen LogP contribution in [0.2, 0.25) is 0 Å². The summed E-state index contributed by atoms with van der Waals surface area (Å²) in [6.45, 7) is 0.0539. The van der Waals surface area contributed by atoms with Gasteiger partial charge in [-0.3, -0.25) is 19.7 Å². The van der Waals surface area contributed by atoms with E-state index in [0.717, 1.165) is 5.56 Å². The molecule has 164 valence electrons. The average molecular weight is 435 g/mol. The van der Waals surface area contributed by atoms with Crippen molar-refractivity contribution in [2.24, 2.45) is 0 Å².